The van der Waals surface area contributed by atoms with Crippen LogP contribution in [0.1, 0.15) is 34.9 Å². The van der Waals surface area contributed by atoms with Crippen LogP contribution < -0.4 is 0 Å². The summed E-state index contributed by atoms with van der Waals surface area (Å²) >= 11 is 0. The predicted molar refractivity (Wildman–Crippen MR) is 81.0 cm³/mol. The van der Waals surface area contributed by atoms with Crippen molar-refractivity contribution in [1.82, 2.24) is 0 Å². The average Bonchev–Trinajstić information content (AvgIpc) is 2.48. The van der Waals surface area contributed by atoms with Crippen LogP contribution in [0.15, 0.2) is 54.6 Å². The van der Waals surface area contributed by atoms with Crippen molar-refractivity contribution in [2.24, 2.45) is 0 Å². The molecule has 0 amide bonds. The monoisotopic (exact) mass is 279 g/mol. The first kappa shape index (κ1) is 14.8. The van der Waals surface area contributed by atoms with E-state index in [4.69, 9.17) is 0 Å². The number of carboxylic acid groups (broad SMARTS) is 1. The molecule has 0 fully saturated rings. The van der Waals surface area contributed by atoms with Gasteiger partial charge in [-0.15, -0.1) is 0 Å². The first-order valence-electron chi connectivity index (χ1n) is 6.84. The van der Waals surface area contributed by atoms with Gasteiger partial charge in [-0.25, -0.2) is 0 Å². The molecule has 0 heterocycles. The van der Waals surface area contributed by atoms with Gasteiger partial charge in [0.25, 0.3) is 0 Å². The Morgan fingerprint density at radius 2 is 1.71 bits per heavy atom. The molecule has 2 unspecified atom stereocenters. The standard InChI is InChI=1S/C18H17NO2/c1-13-7-9-15(10-8-13)16(11-18(20)21)17(12-19)14-5-3-2-4-6-14/h2-10,16-17H,11H2,1H3,(H,20,21). The number of nitriles is 1. The minimum atomic E-state index is -0.892. The molecule has 21 heavy (non-hydrogen) atoms. The number of hydrogen-bond acceptors (Lipinski definition) is 2. The Morgan fingerprint density at radius 3 is 2.24 bits per heavy atom. The minimum Gasteiger partial charge on any atom is -0.481 e. The molecule has 0 aliphatic rings. The van der Waals surface area contributed by atoms with Gasteiger partial charge in [-0.3, -0.25) is 4.79 Å². The third-order valence-corrected chi connectivity index (χ3v) is 3.60. The second kappa shape index (κ2) is 6.71. The summed E-state index contributed by atoms with van der Waals surface area (Å²) in [5.74, 6) is -1.71. The van der Waals surface area contributed by atoms with Crippen LogP contribution in [0.3, 0.4) is 0 Å². The maximum atomic E-state index is 11.2. The van der Waals surface area contributed by atoms with Crippen molar-refractivity contribution in [3.8, 4) is 6.07 Å². The quantitative estimate of drug-likeness (QED) is 0.904. The molecule has 2 rings (SSSR count). The number of hydrogen-bond donors (Lipinski definition) is 1. The van der Waals surface area contributed by atoms with Crippen molar-refractivity contribution in [2.75, 3.05) is 0 Å². The predicted octanol–water partition coefficient (Wildman–Crippen LogP) is 3.86. The summed E-state index contributed by atoms with van der Waals surface area (Å²) in [5.41, 5.74) is 2.85. The molecule has 0 saturated heterocycles. The second-order valence-corrected chi connectivity index (χ2v) is 5.13. The highest BCUT2D eigenvalue weighted by Gasteiger charge is 2.27. The number of aryl methyl sites for hydroxylation is 1. The molecule has 3 nitrogen and oxygen atoms in total. The Morgan fingerprint density at radius 1 is 1.10 bits per heavy atom. The van der Waals surface area contributed by atoms with E-state index in [1.165, 1.54) is 0 Å². The molecule has 2 atom stereocenters. The first-order chi connectivity index (χ1) is 10.1. The molecular weight excluding hydrogens is 262 g/mol. The maximum Gasteiger partial charge on any atom is 0.304 e. The van der Waals surface area contributed by atoms with Crippen molar-refractivity contribution in [2.45, 2.75) is 25.2 Å². The Kier molecular flexibility index (Phi) is 4.73. The van der Waals surface area contributed by atoms with Gasteiger partial charge in [-0.1, -0.05) is 60.2 Å². The van der Waals surface area contributed by atoms with Gasteiger partial charge in [-0.05, 0) is 18.1 Å². The number of carbonyl (C=O) groups is 1. The van der Waals surface area contributed by atoms with E-state index in [9.17, 15) is 15.2 Å². The Bertz CT molecular complexity index is 641. The Hall–Kier alpha value is -2.60. The van der Waals surface area contributed by atoms with Gasteiger partial charge in [0.2, 0.25) is 0 Å². The minimum absolute atomic E-state index is 0.0593. The van der Waals surface area contributed by atoms with E-state index in [1.807, 2.05) is 61.5 Å². The van der Waals surface area contributed by atoms with Crippen LogP contribution in [0.2, 0.25) is 0 Å². The van der Waals surface area contributed by atoms with Crippen molar-refractivity contribution < 1.29 is 9.90 Å². The fourth-order valence-corrected chi connectivity index (χ4v) is 2.49. The summed E-state index contributed by atoms with van der Waals surface area (Å²) in [7, 11) is 0. The van der Waals surface area contributed by atoms with E-state index >= 15 is 0 Å². The molecule has 0 radical (unpaired) electrons. The number of carboxylic acids is 1. The molecule has 106 valence electrons. The van der Waals surface area contributed by atoms with Crippen LogP contribution in [0.4, 0.5) is 0 Å². The molecule has 0 aliphatic carbocycles. The lowest BCUT2D eigenvalue weighted by atomic mass is 9.80. The van der Waals surface area contributed by atoms with Crippen LogP contribution >= 0.6 is 0 Å². The molecule has 2 aromatic carbocycles. The summed E-state index contributed by atoms with van der Waals surface area (Å²) < 4.78 is 0. The zero-order valence-electron chi connectivity index (χ0n) is 11.9. The molecule has 0 aromatic heterocycles. The molecule has 2 aromatic rings. The van der Waals surface area contributed by atoms with Crippen molar-refractivity contribution in [1.29, 1.82) is 5.26 Å². The molecule has 3 heteroatoms. The van der Waals surface area contributed by atoms with Gasteiger partial charge in [0, 0.05) is 5.92 Å². The fraction of sp³-hybridized carbons (Fsp3) is 0.222. The summed E-state index contributed by atoms with van der Waals surface area (Å²) in [6.45, 7) is 1.98. The Labute approximate surface area is 124 Å². The van der Waals surface area contributed by atoms with Crippen molar-refractivity contribution >= 4 is 5.97 Å². The maximum absolute atomic E-state index is 11.2. The van der Waals surface area contributed by atoms with E-state index in [2.05, 4.69) is 6.07 Å². The van der Waals surface area contributed by atoms with Crippen LogP contribution in [0, 0.1) is 18.3 Å². The number of aliphatic carboxylic acids is 1. The zero-order chi connectivity index (χ0) is 15.2. The smallest absolute Gasteiger partial charge is 0.304 e. The van der Waals surface area contributed by atoms with E-state index < -0.39 is 11.9 Å². The summed E-state index contributed by atoms with van der Waals surface area (Å²) in [5, 5.41) is 18.7. The van der Waals surface area contributed by atoms with Crippen molar-refractivity contribution in [3.63, 3.8) is 0 Å². The van der Waals surface area contributed by atoms with Gasteiger partial charge in [0.1, 0.15) is 0 Å². The molecule has 0 bridgehead atoms. The number of nitrogens with zero attached hydrogens (tertiary/aromatic N) is 1. The molecule has 1 N–H and O–H groups in total. The highest BCUT2D eigenvalue weighted by atomic mass is 16.4. The molecule has 0 saturated carbocycles. The highest BCUT2D eigenvalue weighted by molar-refractivity contribution is 5.68. The van der Waals surface area contributed by atoms with E-state index in [0.29, 0.717) is 0 Å². The molecular formula is C18H17NO2. The van der Waals surface area contributed by atoms with E-state index in [1.54, 1.807) is 0 Å². The number of rotatable bonds is 5. The topological polar surface area (TPSA) is 61.1 Å². The lowest BCUT2D eigenvalue weighted by molar-refractivity contribution is -0.137. The molecule has 0 aliphatic heterocycles. The third-order valence-electron chi connectivity index (χ3n) is 3.60. The lowest BCUT2D eigenvalue weighted by Gasteiger charge is -2.21. The van der Waals surface area contributed by atoms with Crippen molar-refractivity contribution in [3.05, 3.63) is 71.3 Å². The van der Waals surface area contributed by atoms with E-state index in [-0.39, 0.29) is 12.3 Å². The van der Waals surface area contributed by atoms with Gasteiger partial charge >= 0.3 is 5.97 Å². The van der Waals surface area contributed by atoms with Gasteiger partial charge in [0.05, 0.1) is 18.4 Å². The SMILES string of the molecule is Cc1ccc(C(CC(=O)O)C(C#N)c2ccccc2)cc1. The van der Waals surface area contributed by atoms with Crippen LogP contribution in [0.25, 0.3) is 0 Å². The summed E-state index contributed by atoms with van der Waals surface area (Å²) in [4.78, 5) is 11.2. The fourth-order valence-electron chi connectivity index (χ4n) is 2.49. The second-order valence-electron chi connectivity index (χ2n) is 5.13. The van der Waals surface area contributed by atoms with Gasteiger partial charge < -0.3 is 5.11 Å². The van der Waals surface area contributed by atoms with Crippen LogP contribution in [0.5, 0.6) is 0 Å². The lowest BCUT2D eigenvalue weighted by Crippen LogP contribution is -2.14. The largest absolute Gasteiger partial charge is 0.481 e. The first-order valence-corrected chi connectivity index (χ1v) is 6.84. The average molecular weight is 279 g/mol. The van der Waals surface area contributed by atoms with Gasteiger partial charge in [0.15, 0.2) is 0 Å². The molecule has 0 spiro atoms. The third kappa shape index (κ3) is 3.70. The normalized spacial score (nSPS) is 13.1. The summed E-state index contributed by atoms with van der Waals surface area (Å²) in [6, 6.07) is 19.4. The zero-order valence-corrected chi connectivity index (χ0v) is 11.9. The highest BCUT2D eigenvalue weighted by Crippen LogP contribution is 2.35. The number of benzene rings is 2. The summed E-state index contributed by atoms with van der Waals surface area (Å²) in [6.07, 6.45) is -0.0593. The van der Waals surface area contributed by atoms with E-state index in [0.717, 1.165) is 16.7 Å². The van der Waals surface area contributed by atoms with Crippen LogP contribution in [-0.4, -0.2) is 11.1 Å². The van der Waals surface area contributed by atoms with Gasteiger partial charge in [-0.2, -0.15) is 5.26 Å². The van der Waals surface area contributed by atoms with Crippen LogP contribution in [-0.2, 0) is 4.79 Å². The Balaban J connectivity index is 2.41.